The van der Waals surface area contributed by atoms with Crippen molar-refractivity contribution in [1.29, 1.82) is 0 Å². The molecular formula is C9H14N4O2S. The molecule has 0 aliphatic carbocycles. The van der Waals surface area contributed by atoms with Gasteiger partial charge in [-0.15, -0.1) is 0 Å². The maximum atomic E-state index is 11.3. The Hall–Kier alpha value is -1.34. The maximum Gasteiger partial charge on any atom is 0.153 e. The largest absolute Gasteiger partial charge is 0.369 e. The van der Waals surface area contributed by atoms with E-state index in [9.17, 15) is 8.42 Å². The number of hydrogen-bond acceptors (Lipinski definition) is 6. The topological polar surface area (TPSA) is 88.3 Å². The number of rotatable bonds is 2. The second-order valence-electron chi connectivity index (χ2n) is 3.68. The van der Waals surface area contributed by atoms with Crippen LogP contribution < -0.4 is 16.2 Å². The van der Waals surface area contributed by atoms with Crippen LogP contribution in [0.2, 0.25) is 0 Å². The van der Waals surface area contributed by atoms with Crippen molar-refractivity contribution < 1.29 is 8.42 Å². The SMILES string of the molecule is NNc1cc(N2CCS(=O)(=O)CC2)ccn1. The number of hydrogen-bond donors (Lipinski definition) is 2. The molecule has 6 nitrogen and oxygen atoms in total. The fourth-order valence-electron chi connectivity index (χ4n) is 1.67. The minimum Gasteiger partial charge on any atom is -0.369 e. The summed E-state index contributed by atoms with van der Waals surface area (Å²) < 4.78 is 22.6. The van der Waals surface area contributed by atoms with Gasteiger partial charge in [0.15, 0.2) is 9.84 Å². The number of aromatic nitrogens is 1. The number of sulfone groups is 1. The first-order chi connectivity index (χ1) is 7.61. The van der Waals surface area contributed by atoms with Gasteiger partial charge in [0.2, 0.25) is 0 Å². The van der Waals surface area contributed by atoms with Gasteiger partial charge in [0.1, 0.15) is 5.82 Å². The number of nitrogens with two attached hydrogens (primary N) is 1. The van der Waals surface area contributed by atoms with Crippen molar-refractivity contribution >= 4 is 21.3 Å². The maximum absolute atomic E-state index is 11.3. The molecule has 0 aromatic carbocycles. The normalized spacial score (nSPS) is 19.4. The summed E-state index contributed by atoms with van der Waals surface area (Å²) in [5.41, 5.74) is 3.41. The highest BCUT2D eigenvalue weighted by molar-refractivity contribution is 7.91. The Morgan fingerprint density at radius 1 is 1.38 bits per heavy atom. The lowest BCUT2D eigenvalue weighted by atomic mass is 10.3. The number of nitrogens with zero attached hydrogens (tertiary/aromatic N) is 2. The summed E-state index contributed by atoms with van der Waals surface area (Å²) in [4.78, 5) is 6.02. The van der Waals surface area contributed by atoms with Crippen LogP contribution in [-0.4, -0.2) is 38.0 Å². The zero-order chi connectivity index (χ0) is 11.6. The monoisotopic (exact) mass is 242 g/mol. The zero-order valence-electron chi connectivity index (χ0n) is 8.76. The van der Waals surface area contributed by atoms with Crippen LogP contribution in [0.3, 0.4) is 0 Å². The first kappa shape index (κ1) is 11.2. The quantitative estimate of drug-likeness (QED) is 0.542. The lowest BCUT2D eigenvalue weighted by Crippen LogP contribution is -2.40. The third-order valence-electron chi connectivity index (χ3n) is 2.60. The Balaban J connectivity index is 2.13. The van der Waals surface area contributed by atoms with Gasteiger partial charge >= 0.3 is 0 Å². The number of hydrazine groups is 1. The van der Waals surface area contributed by atoms with E-state index in [0.717, 1.165) is 5.69 Å². The van der Waals surface area contributed by atoms with Gasteiger partial charge in [0, 0.05) is 31.0 Å². The molecule has 0 unspecified atom stereocenters. The molecule has 0 amide bonds. The molecule has 0 atom stereocenters. The third-order valence-corrected chi connectivity index (χ3v) is 4.21. The standard InChI is InChI=1S/C9H14N4O2S/c10-12-9-7-8(1-2-11-9)13-3-5-16(14,15)6-4-13/h1-2,7H,3-6,10H2,(H,11,12). The molecule has 0 saturated carbocycles. The van der Waals surface area contributed by atoms with Gasteiger partial charge in [-0.2, -0.15) is 0 Å². The van der Waals surface area contributed by atoms with Gasteiger partial charge < -0.3 is 10.3 Å². The molecule has 0 radical (unpaired) electrons. The van der Waals surface area contributed by atoms with Gasteiger partial charge in [-0.05, 0) is 6.07 Å². The van der Waals surface area contributed by atoms with Crippen molar-refractivity contribution in [3.63, 3.8) is 0 Å². The number of anilines is 2. The van der Waals surface area contributed by atoms with Crippen LogP contribution in [-0.2, 0) is 9.84 Å². The van der Waals surface area contributed by atoms with Crippen molar-refractivity contribution in [1.82, 2.24) is 4.98 Å². The highest BCUT2D eigenvalue weighted by atomic mass is 32.2. The molecule has 2 heterocycles. The summed E-state index contributed by atoms with van der Waals surface area (Å²) in [6, 6.07) is 3.65. The van der Waals surface area contributed by atoms with Crippen LogP contribution in [0.4, 0.5) is 11.5 Å². The average molecular weight is 242 g/mol. The molecule has 1 saturated heterocycles. The van der Waals surface area contributed by atoms with Gasteiger partial charge in [-0.1, -0.05) is 0 Å². The Morgan fingerprint density at radius 3 is 2.69 bits per heavy atom. The molecule has 7 heteroatoms. The Kier molecular flexibility index (Phi) is 2.97. The van der Waals surface area contributed by atoms with Crippen LogP contribution in [0.1, 0.15) is 0 Å². The van der Waals surface area contributed by atoms with Crippen LogP contribution >= 0.6 is 0 Å². The predicted octanol–water partition coefficient (Wildman–Crippen LogP) is -0.398. The minimum absolute atomic E-state index is 0.209. The van der Waals surface area contributed by atoms with E-state index in [4.69, 9.17) is 5.84 Å². The van der Waals surface area contributed by atoms with E-state index in [0.29, 0.717) is 18.9 Å². The molecule has 0 spiro atoms. The summed E-state index contributed by atoms with van der Waals surface area (Å²) in [7, 11) is -2.84. The molecule has 1 aliphatic heterocycles. The van der Waals surface area contributed by atoms with Crippen LogP contribution in [0.5, 0.6) is 0 Å². The molecule has 0 bridgehead atoms. The summed E-state index contributed by atoms with van der Waals surface area (Å²) in [6.07, 6.45) is 1.65. The third kappa shape index (κ3) is 2.42. The number of nitrogen functional groups attached to an aromatic ring is 1. The first-order valence-corrected chi connectivity index (χ1v) is 6.81. The molecule has 1 fully saturated rings. The Morgan fingerprint density at radius 2 is 2.06 bits per heavy atom. The van der Waals surface area contributed by atoms with Gasteiger partial charge in [-0.3, -0.25) is 0 Å². The summed E-state index contributed by atoms with van der Waals surface area (Å²) in [5, 5.41) is 0. The number of nitrogens with one attached hydrogen (secondary N) is 1. The molecule has 88 valence electrons. The molecule has 2 rings (SSSR count). The summed E-state index contributed by atoms with van der Waals surface area (Å²) in [6.45, 7) is 1.05. The van der Waals surface area contributed by atoms with E-state index in [-0.39, 0.29) is 11.5 Å². The lowest BCUT2D eigenvalue weighted by Gasteiger charge is -2.28. The molecular weight excluding hydrogens is 228 g/mol. The Labute approximate surface area is 94.4 Å². The molecule has 1 aromatic heterocycles. The first-order valence-electron chi connectivity index (χ1n) is 4.99. The van der Waals surface area contributed by atoms with Crippen molar-refractivity contribution in [3.8, 4) is 0 Å². The van der Waals surface area contributed by atoms with E-state index < -0.39 is 9.84 Å². The van der Waals surface area contributed by atoms with Crippen molar-refractivity contribution in [3.05, 3.63) is 18.3 Å². The van der Waals surface area contributed by atoms with Gasteiger partial charge in [0.05, 0.1) is 11.5 Å². The highest BCUT2D eigenvalue weighted by Crippen LogP contribution is 2.18. The van der Waals surface area contributed by atoms with E-state index in [2.05, 4.69) is 10.4 Å². The number of pyridine rings is 1. The molecule has 1 aromatic rings. The second-order valence-corrected chi connectivity index (χ2v) is 5.99. The predicted molar refractivity (Wildman–Crippen MR) is 62.9 cm³/mol. The minimum atomic E-state index is -2.84. The van der Waals surface area contributed by atoms with Crippen LogP contribution in [0.25, 0.3) is 0 Å². The van der Waals surface area contributed by atoms with Crippen molar-refractivity contribution in [2.45, 2.75) is 0 Å². The molecule has 1 aliphatic rings. The second kappa shape index (κ2) is 4.26. The van der Waals surface area contributed by atoms with E-state index in [1.54, 1.807) is 12.3 Å². The van der Waals surface area contributed by atoms with Crippen LogP contribution in [0.15, 0.2) is 18.3 Å². The Bertz CT molecular complexity index is 460. The van der Waals surface area contributed by atoms with Crippen molar-refractivity contribution in [2.75, 3.05) is 34.9 Å². The van der Waals surface area contributed by atoms with Crippen LogP contribution in [0, 0.1) is 0 Å². The molecule has 3 N–H and O–H groups in total. The fraction of sp³-hybridized carbons (Fsp3) is 0.444. The van der Waals surface area contributed by atoms with E-state index in [1.165, 1.54) is 0 Å². The van der Waals surface area contributed by atoms with E-state index in [1.807, 2.05) is 11.0 Å². The summed E-state index contributed by atoms with van der Waals surface area (Å²) >= 11 is 0. The lowest BCUT2D eigenvalue weighted by molar-refractivity contribution is 0.587. The molecule has 16 heavy (non-hydrogen) atoms. The zero-order valence-corrected chi connectivity index (χ0v) is 9.57. The van der Waals surface area contributed by atoms with E-state index >= 15 is 0 Å². The highest BCUT2D eigenvalue weighted by Gasteiger charge is 2.21. The van der Waals surface area contributed by atoms with Gasteiger partial charge in [0.25, 0.3) is 0 Å². The smallest absolute Gasteiger partial charge is 0.153 e. The summed E-state index contributed by atoms with van der Waals surface area (Å²) in [5.74, 6) is 6.26. The fourth-order valence-corrected chi connectivity index (χ4v) is 2.87. The van der Waals surface area contributed by atoms with Gasteiger partial charge in [-0.25, -0.2) is 19.2 Å². The van der Waals surface area contributed by atoms with Crippen molar-refractivity contribution in [2.24, 2.45) is 5.84 Å². The average Bonchev–Trinajstić information content (AvgIpc) is 2.29.